The second-order valence-corrected chi connectivity index (χ2v) is 6.67. The van der Waals surface area contributed by atoms with E-state index in [0.717, 1.165) is 12.1 Å². The molecule has 2 aromatic carbocycles. The first kappa shape index (κ1) is 17.5. The molecule has 1 unspecified atom stereocenters. The normalized spacial score (nSPS) is 15.6. The lowest BCUT2D eigenvalue weighted by molar-refractivity contribution is 0.102. The lowest BCUT2D eigenvalue weighted by atomic mass is 10.0. The van der Waals surface area contributed by atoms with Gasteiger partial charge < -0.3 is 15.7 Å². The number of carboxylic acid groups (broad SMARTS) is 1. The van der Waals surface area contributed by atoms with Gasteiger partial charge in [0.15, 0.2) is 0 Å². The van der Waals surface area contributed by atoms with Crippen molar-refractivity contribution in [1.82, 2.24) is 5.32 Å². The number of carbonyl (C=O) groups is 2. The van der Waals surface area contributed by atoms with Gasteiger partial charge in [0.1, 0.15) is 11.6 Å². The highest BCUT2D eigenvalue weighted by atomic mass is 35.5. The summed E-state index contributed by atoms with van der Waals surface area (Å²) in [6.07, 6.45) is -1.27. The summed E-state index contributed by atoms with van der Waals surface area (Å²) in [6.45, 7) is 0. The molecule has 1 aliphatic rings. The molecule has 3 N–H and O–H groups in total. The number of nitrogens with one attached hydrogen (secondary N) is 2. The molecule has 0 fully saturated rings. The van der Waals surface area contributed by atoms with Gasteiger partial charge in [-0.25, -0.2) is 13.6 Å². The van der Waals surface area contributed by atoms with E-state index in [1.165, 1.54) is 30.0 Å². The molecule has 2 amide bonds. The Labute approximate surface area is 150 Å². The third kappa shape index (κ3) is 3.54. The van der Waals surface area contributed by atoms with Crippen LogP contribution < -0.4 is 10.6 Å². The lowest BCUT2D eigenvalue weighted by Crippen LogP contribution is -2.27. The quantitative estimate of drug-likeness (QED) is 0.737. The maximum Gasteiger partial charge on any atom is 0.405 e. The Morgan fingerprint density at radius 1 is 1.20 bits per heavy atom. The van der Waals surface area contributed by atoms with Crippen LogP contribution in [-0.4, -0.2) is 22.9 Å². The van der Waals surface area contributed by atoms with Gasteiger partial charge >= 0.3 is 6.09 Å². The van der Waals surface area contributed by atoms with Gasteiger partial charge in [-0.3, -0.25) is 4.79 Å². The molecular formula is C16H11ClF2N2O3S. The molecule has 130 valence electrons. The van der Waals surface area contributed by atoms with E-state index < -0.39 is 29.7 Å². The van der Waals surface area contributed by atoms with E-state index in [9.17, 15) is 18.4 Å². The molecule has 0 spiro atoms. The highest BCUT2D eigenvalue weighted by molar-refractivity contribution is 7.99. The van der Waals surface area contributed by atoms with Crippen molar-refractivity contribution in [3.05, 3.63) is 58.1 Å². The zero-order chi connectivity index (χ0) is 18.1. The molecule has 0 saturated carbocycles. The van der Waals surface area contributed by atoms with Crippen molar-refractivity contribution in [3.63, 3.8) is 0 Å². The van der Waals surface area contributed by atoms with Crippen LogP contribution >= 0.6 is 23.4 Å². The highest BCUT2D eigenvalue weighted by Gasteiger charge is 2.31. The third-order valence-corrected chi connectivity index (χ3v) is 5.12. The SMILES string of the molecule is O=C(O)NC1CSc2c(C(=O)Nc3ccc(F)c(Cl)c3)ccc(F)c21. The number of anilines is 1. The van der Waals surface area contributed by atoms with E-state index in [-0.39, 0.29) is 27.6 Å². The summed E-state index contributed by atoms with van der Waals surface area (Å²) in [7, 11) is 0. The van der Waals surface area contributed by atoms with Gasteiger partial charge in [0.05, 0.1) is 16.6 Å². The van der Waals surface area contributed by atoms with Gasteiger partial charge in [-0.1, -0.05) is 11.6 Å². The fourth-order valence-electron chi connectivity index (χ4n) is 2.52. The van der Waals surface area contributed by atoms with Crippen LogP contribution in [0.4, 0.5) is 19.3 Å². The van der Waals surface area contributed by atoms with E-state index in [1.807, 2.05) is 0 Å². The molecule has 0 aromatic heterocycles. The van der Waals surface area contributed by atoms with E-state index in [4.69, 9.17) is 16.7 Å². The van der Waals surface area contributed by atoms with Gasteiger partial charge in [0.2, 0.25) is 0 Å². The van der Waals surface area contributed by atoms with Crippen LogP contribution in [-0.2, 0) is 0 Å². The van der Waals surface area contributed by atoms with Crippen LogP contribution in [0, 0.1) is 11.6 Å². The smallest absolute Gasteiger partial charge is 0.405 e. The maximum absolute atomic E-state index is 14.1. The summed E-state index contributed by atoms with van der Waals surface area (Å²) in [6, 6.07) is 5.45. The molecule has 0 saturated heterocycles. The monoisotopic (exact) mass is 384 g/mol. The van der Waals surface area contributed by atoms with Crippen LogP contribution in [0.2, 0.25) is 5.02 Å². The van der Waals surface area contributed by atoms with Crippen molar-refractivity contribution in [2.75, 3.05) is 11.1 Å². The Hall–Kier alpha value is -2.32. The van der Waals surface area contributed by atoms with Crippen molar-refractivity contribution >= 4 is 41.1 Å². The van der Waals surface area contributed by atoms with Crippen molar-refractivity contribution in [3.8, 4) is 0 Å². The first-order valence-corrected chi connectivity index (χ1v) is 8.44. The van der Waals surface area contributed by atoms with Crippen molar-refractivity contribution < 1.29 is 23.5 Å². The number of carbonyl (C=O) groups excluding carboxylic acids is 1. The number of benzene rings is 2. The number of fused-ring (bicyclic) bond motifs is 1. The summed E-state index contributed by atoms with van der Waals surface area (Å²) in [5, 5.41) is 13.5. The molecule has 5 nitrogen and oxygen atoms in total. The molecule has 25 heavy (non-hydrogen) atoms. The Bertz CT molecular complexity index is 879. The second-order valence-electron chi connectivity index (χ2n) is 5.23. The van der Waals surface area contributed by atoms with Crippen LogP contribution in [0.5, 0.6) is 0 Å². The molecule has 1 atom stereocenters. The summed E-state index contributed by atoms with van der Waals surface area (Å²) in [5.41, 5.74) is 0.645. The molecule has 9 heteroatoms. The highest BCUT2D eigenvalue weighted by Crippen LogP contribution is 2.42. The van der Waals surface area contributed by atoms with E-state index >= 15 is 0 Å². The van der Waals surface area contributed by atoms with Gasteiger partial charge in [-0.05, 0) is 30.3 Å². The van der Waals surface area contributed by atoms with Crippen molar-refractivity contribution in [2.45, 2.75) is 10.9 Å². The van der Waals surface area contributed by atoms with Crippen LogP contribution in [0.3, 0.4) is 0 Å². The minimum absolute atomic E-state index is 0.137. The summed E-state index contributed by atoms with van der Waals surface area (Å²) >= 11 is 6.87. The molecule has 0 bridgehead atoms. The third-order valence-electron chi connectivity index (χ3n) is 3.61. The first-order chi connectivity index (χ1) is 11.9. The number of halogens is 3. The molecule has 3 rings (SSSR count). The van der Waals surface area contributed by atoms with E-state index in [2.05, 4.69) is 10.6 Å². The lowest BCUT2D eigenvalue weighted by Gasteiger charge is -2.13. The standard InChI is InChI=1S/C16H11ClF2N2O3S/c17-9-5-7(1-3-10(9)18)20-15(22)8-2-4-11(19)13-12(21-16(23)24)6-25-14(8)13/h1-5,12,21H,6H2,(H,20,22)(H,23,24). The van der Waals surface area contributed by atoms with Gasteiger partial charge in [0, 0.05) is 21.9 Å². The second kappa shape index (κ2) is 6.89. The van der Waals surface area contributed by atoms with Crippen molar-refractivity contribution in [2.24, 2.45) is 0 Å². The first-order valence-electron chi connectivity index (χ1n) is 7.08. The average molecular weight is 385 g/mol. The molecule has 2 aromatic rings. The fourth-order valence-corrected chi connectivity index (χ4v) is 4.00. The largest absolute Gasteiger partial charge is 0.465 e. The molecule has 1 heterocycles. The Kier molecular flexibility index (Phi) is 4.82. The average Bonchev–Trinajstić information content (AvgIpc) is 2.95. The minimum atomic E-state index is -1.27. The Balaban J connectivity index is 1.90. The van der Waals surface area contributed by atoms with Crippen molar-refractivity contribution in [1.29, 1.82) is 0 Å². The number of hydrogen-bond donors (Lipinski definition) is 3. The molecule has 0 radical (unpaired) electrons. The topological polar surface area (TPSA) is 78.4 Å². The Morgan fingerprint density at radius 2 is 1.92 bits per heavy atom. The molecular weight excluding hydrogens is 374 g/mol. The number of thioether (sulfide) groups is 1. The number of hydrogen-bond acceptors (Lipinski definition) is 3. The van der Waals surface area contributed by atoms with Gasteiger partial charge in [-0.2, -0.15) is 0 Å². The Morgan fingerprint density at radius 3 is 2.60 bits per heavy atom. The van der Waals surface area contributed by atoms with Gasteiger partial charge in [0.25, 0.3) is 5.91 Å². The number of rotatable bonds is 3. The van der Waals surface area contributed by atoms with Crippen LogP contribution in [0.1, 0.15) is 22.0 Å². The molecule has 0 aliphatic carbocycles. The zero-order valence-electron chi connectivity index (χ0n) is 12.5. The van der Waals surface area contributed by atoms with Crippen LogP contribution in [0.25, 0.3) is 0 Å². The van der Waals surface area contributed by atoms with E-state index in [0.29, 0.717) is 4.90 Å². The summed E-state index contributed by atoms with van der Waals surface area (Å²) < 4.78 is 27.3. The predicted octanol–water partition coefficient (Wildman–Crippen LogP) is 4.28. The maximum atomic E-state index is 14.1. The summed E-state index contributed by atoms with van der Waals surface area (Å²) in [5.74, 6) is -1.44. The van der Waals surface area contributed by atoms with Gasteiger partial charge in [-0.15, -0.1) is 11.8 Å². The summed E-state index contributed by atoms with van der Waals surface area (Å²) in [4.78, 5) is 23.7. The number of amides is 2. The molecule has 1 aliphatic heterocycles. The van der Waals surface area contributed by atoms with Crippen LogP contribution in [0.15, 0.2) is 35.2 Å². The zero-order valence-corrected chi connectivity index (χ0v) is 14.0. The predicted molar refractivity (Wildman–Crippen MR) is 90.4 cm³/mol. The fraction of sp³-hybridized carbons (Fsp3) is 0.125. The van der Waals surface area contributed by atoms with E-state index in [1.54, 1.807) is 0 Å². The minimum Gasteiger partial charge on any atom is -0.465 e.